The van der Waals surface area contributed by atoms with Crippen LogP contribution in [0.3, 0.4) is 0 Å². The Kier molecular flexibility index (Phi) is 4.61. The summed E-state index contributed by atoms with van der Waals surface area (Å²) in [6, 6.07) is 0. The fraction of sp³-hybridized carbons (Fsp3) is 0.667. The van der Waals surface area contributed by atoms with Gasteiger partial charge in [-0.1, -0.05) is 12.7 Å². The molecule has 0 rings (SSSR count). The van der Waals surface area contributed by atoms with Crippen LogP contribution in [0.25, 0.3) is 0 Å². The molecule has 0 heterocycles. The van der Waals surface area contributed by atoms with Gasteiger partial charge in [-0.25, -0.2) is 0 Å². The lowest BCUT2D eigenvalue weighted by Crippen LogP contribution is -2.07. The molecule has 0 fully saturated rings. The van der Waals surface area contributed by atoms with Crippen LogP contribution in [0.4, 0.5) is 0 Å². The van der Waals surface area contributed by atoms with Crippen molar-refractivity contribution in [2.75, 3.05) is 13.7 Å². The number of aliphatic hydroxyl groups is 1. The standard InChI is InChI=1S/C6H13O4P/c1-4-6(7)11(8,9-3)10-5-2/h4,6-7H,1,5H2,2-3H3. The van der Waals surface area contributed by atoms with E-state index >= 15 is 0 Å². The summed E-state index contributed by atoms with van der Waals surface area (Å²) in [6.45, 7) is 5.17. The molecule has 2 unspecified atom stereocenters. The molecule has 1 N–H and O–H groups in total. The van der Waals surface area contributed by atoms with Crippen molar-refractivity contribution in [3.8, 4) is 0 Å². The first kappa shape index (κ1) is 10.8. The van der Waals surface area contributed by atoms with Gasteiger partial charge in [0, 0.05) is 7.11 Å². The molecule has 0 saturated heterocycles. The molecule has 0 aliphatic carbocycles. The summed E-state index contributed by atoms with van der Waals surface area (Å²) in [7, 11) is -2.13. The maximum atomic E-state index is 11.3. The van der Waals surface area contributed by atoms with Gasteiger partial charge in [-0.15, -0.1) is 0 Å². The molecular formula is C6H13O4P. The molecule has 11 heavy (non-hydrogen) atoms. The molecule has 0 bridgehead atoms. The largest absolute Gasteiger partial charge is 0.377 e. The van der Waals surface area contributed by atoms with Gasteiger partial charge < -0.3 is 14.2 Å². The SMILES string of the molecule is C=CC(O)P(=O)(OC)OCC. The first-order valence-corrected chi connectivity index (χ1v) is 4.82. The van der Waals surface area contributed by atoms with Crippen LogP contribution in [-0.2, 0) is 13.6 Å². The lowest BCUT2D eigenvalue weighted by molar-refractivity contribution is 0.184. The Labute approximate surface area is 66.4 Å². The van der Waals surface area contributed by atoms with Gasteiger partial charge in [0.1, 0.15) is 0 Å². The Balaban J connectivity index is 4.32. The summed E-state index contributed by atoms with van der Waals surface area (Å²) in [6.07, 6.45) is 1.12. The lowest BCUT2D eigenvalue weighted by atomic mass is 10.7. The molecule has 0 aromatic rings. The van der Waals surface area contributed by atoms with Gasteiger partial charge in [0.2, 0.25) is 0 Å². The predicted molar refractivity (Wildman–Crippen MR) is 42.4 cm³/mol. The van der Waals surface area contributed by atoms with Crippen molar-refractivity contribution in [2.45, 2.75) is 12.8 Å². The fourth-order valence-corrected chi connectivity index (χ4v) is 1.64. The van der Waals surface area contributed by atoms with E-state index in [9.17, 15) is 4.57 Å². The molecular weight excluding hydrogens is 167 g/mol. The summed E-state index contributed by atoms with van der Waals surface area (Å²) >= 11 is 0. The second kappa shape index (κ2) is 4.67. The van der Waals surface area contributed by atoms with Crippen molar-refractivity contribution in [1.29, 1.82) is 0 Å². The highest BCUT2D eigenvalue weighted by Gasteiger charge is 2.30. The molecule has 5 heteroatoms. The monoisotopic (exact) mass is 180 g/mol. The molecule has 2 atom stereocenters. The third-order valence-electron chi connectivity index (χ3n) is 1.10. The quantitative estimate of drug-likeness (QED) is 0.512. The molecule has 66 valence electrons. The molecule has 0 aromatic heterocycles. The summed E-state index contributed by atoms with van der Waals surface area (Å²) < 4.78 is 20.6. The molecule has 4 nitrogen and oxygen atoms in total. The fourth-order valence-electron chi connectivity index (χ4n) is 0.546. The van der Waals surface area contributed by atoms with Crippen molar-refractivity contribution < 1.29 is 18.7 Å². The Morgan fingerprint density at radius 3 is 2.64 bits per heavy atom. The molecule has 0 saturated carbocycles. The van der Waals surface area contributed by atoms with E-state index in [0.717, 1.165) is 6.08 Å². The van der Waals surface area contributed by atoms with E-state index in [1.54, 1.807) is 6.92 Å². The number of hydrogen-bond acceptors (Lipinski definition) is 4. The number of aliphatic hydroxyl groups excluding tert-OH is 1. The molecule has 0 aliphatic rings. The van der Waals surface area contributed by atoms with Gasteiger partial charge >= 0.3 is 7.60 Å². The van der Waals surface area contributed by atoms with Gasteiger partial charge in [0.15, 0.2) is 5.85 Å². The van der Waals surface area contributed by atoms with E-state index < -0.39 is 13.4 Å². The van der Waals surface area contributed by atoms with Crippen LogP contribution in [-0.4, -0.2) is 24.7 Å². The third-order valence-corrected chi connectivity index (χ3v) is 3.08. The van der Waals surface area contributed by atoms with Crippen molar-refractivity contribution in [3.63, 3.8) is 0 Å². The first-order chi connectivity index (χ1) is 5.10. The topological polar surface area (TPSA) is 55.8 Å². The Hall–Kier alpha value is -0.150. The van der Waals surface area contributed by atoms with E-state index in [0.29, 0.717) is 0 Å². The number of hydrogen-bond donors (Lipinski definition) is 1. The van der Waals surface area contributed by atoms with E-state index in [-0.39, 0.29) is 6.61 Å². The Morgan fingerprint density at radius 2 is 2.36 bits per heavy atom. The summed E-state index contributed by atoms with van der Waals surface area (Å²) in [4.78, 5) is 0. The van der Waals surface area contributed by atoms with Crippen LogP contribution in [0.15, 0.2) is 12.7 Å². The van der Waals surface area contributed by atoms with Crippen molar-refractivity contribution in [3.05, 3.63) is 12.7 Å². The van der Waals surface area contributed by atoms with Crippen LogP contribution in [0.1, 0.15) is 6.92 Å². The Morgan fingerprint density at radius 1 is 1.82 bits per heavy atom. The van der Waals surface area contributed by atoms with Gasteiger partial charge in [0.25, 0.3) is 0 Å². The zero-order chi connectivity index (χ0) is 8.91. The first-order valence-electron chi connectivity index (χ1n) is 3.21. The normalized spacial score (nSPS) is 18.8. The van der Waals surface area contributed by atoms with Crippen LogP contribution in [0, 0.1) is 0 Å². The Bertz CT molecular complexity index is 168. The number of rotatable bonds is 5. The van der Waals surface area contributed by atoms with Crippen molar-refractivity contribution in [2.24, 2.45) is 0 Å². The van der Waals surface area contributed by atoms with Crippen LogP contribution >= 0.6 is 7.60 Å². The van der Waals surface area contributed by atoms with E-state index in [1.165, 1.54) is 7.11 Å². The van der Waals surface area contributed by atoms with Gasteiger partial charge in [-0.3, -0.25) is 4.57 Å². The van der Waals surface area contributed by atoms with Gasteiger partial charge in [-0.05, 0) is 6.92 Å². The molecule has 0 radical (unpaired) electrons. The minimum Gasteiger partial charge on any atom is -0.377 e. The maximum Gasteiger partial charge on any atom is 0.362 e. The highest BCUT2D eigenvalue weighted by molar-refractivity contribution is 7.54. The lowest BCUT2D eigenvalue weighted by Gasteiger charge is -2.17. The van der Waals surface area contributed by atoms with Gasteiger partial charge in [0.05, 0.1) is 6.61 Å². The highest BCUT2D eigenvalue weighted by atomic mass is 31.2. The smallest absolute Gasteiger partial charge is 0.362 e. The third kappa shape index (κ3) is 2.75. The average Bonchev–Trinajstić information content (AvgIpc) is 2.03. The van der Waals surface area contributed by atoms with E-state index in [4.69, 9.17) is 9.63 Å². The van der Waals surface area contributed by atoms with Crippen molar-refractivity contribution in [1.82, 2.24) is 0 Å². The zero-order valence-electron chi connectivity index (χ0n) is 6.69. The summed E-state index contributed by atoms with van der Waals surface area (Å²) in [5, 5.41) is 9.08. The van der Waals surface area contributed by atoms with E-state index in [1.807, 2.05) is 0 Å². The second-order valence-electron chi connectivity index (χ2n) is 1.79. The van der Waals surface area contributed by atoms with Crippen molar-refractivity contribution >= 4 is 7.60 Å². The molecule has 0 aliphatic heterocycles. The second-order valence-corrected chi connectivity index (χ2v) is 4.02. The molecule has 0 aromatic carbocycles. The summed E-state index contributed by atoms with van der Waals surface area (Å²) in [5.41, 5.74) is 0. The minimum absolute atomic E-state index is 0.232. The average molecular weight is 180 g/mol. The van der Waals surface area contributed by atoms with Crippen LogP contribution in [0.2, 0.25) is 0 Å². The predicted octanol–water partition coefficient (Wildman–Crippen LogP) is 1.37. The van der Waals surface area contributed by atoms with Gasteiger partial charge in [-0.2, -0.15) is 0 Å². The minimum atomic E-state index is -3.35. The molecule has 0 amide bonds. The van der Waals surface area contributed by atoms with Crippen LogP contribution < -0.4 is 0 Å². The summed E-state index contributed by atoms with van der Waals surface area (Å²) in [5.74, 6) is -1.24. The molecule has 0 spiro atoms. The van der Waals surface area contributed by atoms with Crippen LogP contribution in [0.5, 0.6) is 0 Å². The van der Waals surface area contributed by atoms with E-state index in [2.05, 4.69) is 11.1 Å². The maximum absolute atomic E-state index is 11.3. The highest BCUT2D eigenvalue weighted by Crippen LogP contribution is 2.51. The zero-order valence-corrected chi connectivity index (χ0v) is 7.58.